The summed E-state index contributed by atoms with van der Waals surface area (Å²) in [5.41, 5.74) is 0. The van der Waals surface area contributed by atoms with Crippen molar-refractivity contribution >= 4 is 11.8 Å². The molecule has 0 aromatic carbocycles. The van der Waals surface area contributed by atoms with Gasteiger partial charge in [0.05, 0.1) is 0 Å². The molecule has 1 saturated carbocycles. The molecule has 0 saturated heterocycles. The maximum Gasteiger partial charge on any atom is 0.169 e. The molecule has 84 valence electrons. The minimum Gasteiger partial charge on any atom is -0.355 e. The number of methoxy groups -OCH3 is 2. The highest BCUT2D eigenvalue weighted by atomic mass is 32.2. The fourth-order valence-corrected chi connectivity index (χ4v) is 2.92. The van der Waals surface area contributed by atoms with Crippen molar-refractivity contribution in [2.75, 3.05) is 27.0 Å². The Balaban J connectivity index is 2.22. The minimum atomic E-state index is -0.113. The highest BCUT2D eigenvalue weighted by Gasteiger charge is 2.26. The molecule has 4 heteroatoms. The first-order valence-electron chi connectivity index (χ1n) is 5.13. The van der Waals surface area contributed by atoms with E-state index in [1.54, 1.807) is 14.2 Å². The number of ether oxygens (including phenoxy) is 2. The summed E-state index contributed by atoms with van der Waals surface area (Å²) in [4.78, 5) is 0. The number of nitrogens with one attached hydrogen (secondary N) is 1. The monoisotopic (exact) mass is 219 g/mol. The van der Waals surface area contributed by atoms with Crippen LogP contribution in [0.3, 0.4) is 0 Å². The Morgan fingerprint density at radius 2 is 2.07 bits per heavy atom. The topological polar surface area (TPSA) is 30.5 Å². The second-order valence-electron chi connectivity index (χ2n) is 3.62. The Hall–Kier alpha value is 0.230. The van der Waals surface area contributed by atoms with E-state index < -0.39 is 0 Å². The van der Waals surface area contributed by atoms with Gasteiger partial charge in [-0.2, -0.15) is 11.8 Å². The molecule has 0 radical (unpaired) electrons. The quantitative estimate of drug-likeness (QED) is 0.686. The zero-order chi connectivity index (χ0) is 10.4. The molecule has 14 heavy (non-hydrogen) atoms. The molecule has 0 bridgehead atoms. The molecule has 0 aliphatic heterocycles. The summed E-state index contributed by atoms with van der Waals surface area (Å²) in [7, 11) is 3.35. The molecule has 2 atom stereocenters. The van der Waals surface area contributed by atoms with Crippen molar-refractivity contribution < 1.29 is 9.47 Å². The summed E-state index contributed by atoms with van der Waals surface area (Å²) in [5, 5.41) is 4.28. The van der Waals surface area contributed by atoms with Gasteiger partial charge in [0.15, 0.2) is 6.29 Å². The van der Waals surface area contributed by atoms with E-state index in [0.717, 1.165) is 11.8 Å². The molecule has 1 aliphatic carbocycles. The minimum absolute atomic E-state index is 0.113. The van der Waals surface area contributed by atoms with Gasteiger partial charge in [0.1, 0.15) is 0 Å². The largest absolute Gasteiger partial charge is 0.355 e. The van der Waals surface area contributed by atoms with E-state index in [0.29, 0.717) is 6.04 Å². The van der Waals surface area contributed by atoms with Crippen LogP contribution in [0.25, 0.3) is 0 Å². The molecule has 1 rings (SSSR count). The summed E-state index contributed by atoms with van der Waals surface area (Å²) in [6.45, 7) is 0.786. The van der Waals surface area contributed by atoms with E-state index in [1.807, 2.05) is 11.8 Å². The van der Waals surface area contributed by atoms with Gasteiger partial charge in [-0.25, -0.2) is 0 Å². The van der Waals surface area contributed by atoms with E-state index in [-0.39, 0.29) is 6.29 Å². The van der Waals surface area contributed by atoms with Gasteiger partial charge in [-0.05, 0) is 19.1 Å². The number of rotatable bonds is 6. The van der Waals surface area contributed by atoms with Crippen LogP contribution in [-0.2, 0) is 9.47 Å². The summed E-state index contributed by atoms with van der Waals surface area (Å²) in [6, 6.07) is 0.637. The molecule has 1 N–H and O–H groups in total. The van der Waals surface area contributed by atoms with Crippen LogP contribution >= 0.6 is 11.8 Å². The smallest absolute Gasteiger partial charge is 0.169 e. The van der Waals surface area contributed by atoms with Crippen LogP contribution < -0.4 is 5.32 Å². The molecule has 1 fully saturated rings. The first-order valence-corrected chi connectivity index (χ1v) is 6.42. The fourth-order valence-electron chi connectivity index (χ4n) is 1.95. The highest BCUT2D eigenvalue weighted by Crippen LogP contribution is 2.28. The molecule has 3 nitrogen and oxygen atoms in total. The highest BCUT2D eigenvalue weighted by molar-refractivity contribution is 7.99. The maximum atomic E-state index is 5.14. The summed E-state index contributed by atoms with van der Waals surface area (Å²) in [6.07, 6.45) is 6.04. The van der Waals surface area contributed by atoms with Crippen LogP contribution in [0, 0.1) is 0 Å². The van der Waals surface area contributed by atoms with Crippen molar-refractivity contribution in [3.8, 4) is 0 Å². The Morgan fingerprint density at radius 3 is 2.64 bits per heavy atom. The van der Waals surface area contributed by atoms with E-state index in [4.69, 9.17) is 9.47 Å². The first-order chi connectivity index (χ1) is 6.81. The summed E-state index contributed by atoms with van der Waals surface area (Å²) < 4.78 is 10.3. The Morgan fingerprint density at radius 1 is 1.36 bits per heavy atom. The Kier molecular flexibility index (Phi) is 5.86. The zero-order valence-electron chi connectivity index (χ0n) is 9.29. The predicted molar refractivity (Wildman–Crippen MR) is 60.8 cm³/mol. The van der Waals surface area contributed by atoms with Crippen LogP contribution in [0.15, 0.2) is 0 Å². The van der Waals surface area contributed by atoms with Crippen LogP contribution in [0.1, 0.15) is 19.3 Å². The van der Waals surface area contributed by atoms with Gasteiger partial charge in [-0.15, -0.1) is 0 Å². The first kappa shape index (κ1) is 12.3. The Labute approximate surface area is 90.9 Å². The number of thioether (sulfide) groups is 1. The molecule has 0 heterocycles. The van der Waals surface area contributed by atoms with E-state index >= 15 is 0 Å². The van der Waals surface area contributed by atoms with Gasteiger partial charge < -0.3 is 14.8 Å². The van der Waals surface area contributed by atoms with Crippen molar-refractivity contribution in [3.05, 3.63) is 0 Å². The van der Waals surface area contributed by atoms with Crippen molar-refractivity contribution in [3.63, 3.8) is 0 Å². The third kappa shape index (κ3) is 3.42. The lowest BCUT2D eigenvalue weighted by molar-refractivity contribution is -0.0997. The molecular formula is C10H21NO2S. The molecule has 1 aliphatic rings. The molecule has 0 spiro atoms. The maximum absolute atomic E-state index is 5.14. The molecular weight excluding hydrogens is 198 g/mol. The standard InChI is InChI=1S/C10H21NO2S/c1-12-10(13-2)7-11-8-5-4-6-9(8)14-3/h8-11H,4-7H2,1-3H3. The van der Waals surface area contributed by atoms with Crippen molar-refractivity contribution in [1.82, 2.24) is 5.32 Å². The average molecular weight is 219 g/mol. The van der Waals surface area contributed by atoms with Gasteiger partial charge in [-0.1, -0.05) is 6.42 Å². The molecule has 2 unspecified atom stereocenters. The van der Waals surface area contributed by atoms with E-state index in [1.165, 1.54) is 19.3 Å². The lowest BCUT2D eigenvalue weighted by Gasteiger charge is -2.22. The van der Waals surface area contributed by atoms with E-state index in [9.17, 15) is 0 Å². The second-order valence-corrected chi connectivity index (χ2v) is 4.70. The second kappa shape index (κ2) is 6.67. The number of hydrogen-bond acceptors (Lipinski definition) is 4. The summed E-state index contributed by atoms with van der Waals surface area (Å²) in [5.74, 6) is 0. The number of hydrogen-bond donors (Lipinski definition) is 1. The lowest BCUT2D eigenvalue weighted by Crippen LogP contribution is -2.40. The molecule has 0 amide bonds. The predicted octanol–water partition coefficient (Wildman–Crippen LogP) is 1.48. The molecule has 0 aromatic rings. The van der Waals surface area contributed by atoms with Gasteiger partial charge in [0.25, 0.3) is 0 Å². The van der Waals surface area contributed by atoms with Crippen LogP contribution in [0.2, 0.25) is 0 Å². The molecule has 0 aromatic heterocycles. The zero-order valence-corrected chi connectivity index (χ0v) is 10.1. The fraction of sp³-hybridized carbons (Fsp3) is 1.00. The van der Waals surface area contributed by atoms with Gasteiger partial charge in [-0.3, -0.25) is 0 Å². The van der Waals surface area contributed by atoms with Crippen molar-refractivity contribution in [2.24, 2.45) is 0 Å². The Bertz CT molecular complexity index is 153. The lowest BCUT2D eigenvalue weighted by atomic mass is 10.2. The van der Waals surface area contributed by atoms with Gasteiger partial charge >= 0.3 is 0 Å². The summed E-state index contributed by atoms with van der Waals surface area (Å²) >= 11 is 1.96. The third-order valence-electron chi connectivity index (χ3n) is 2.83. The SMILES string of the molecule is COC(CNC1CCCC1SC)OC. The van der Waals surface area contributed by atoms with Crippen molar-refractivity contribution in [2.45, 2.75) is 36.8 Å². The normalized spacial score (nSPS) is 27.4. The van der Waals surface area contributed by atoms with Gasteiger partial charge in [0.2, 0.25) is 0 Å². The van der Waals surface area contributed by atoms with Crippen LogP contribution in [-0.4, -0.2) is 44.6 Å². The average Bonchev–Trinajstić information content (AvgIpc) is 2.67. The van der Waals surface area contributed by atoms with Crippen LogP contribution in [0.5, 0.6) is 0 Å². The van der Waals surface area contributed by atoms with Crippen LogP contribution in [0.4, 0.5) is 0 Å². The van der Waals surface area contributed by atoms with Crippen molar-refractivity contribution in [1.29, 1.82) is 0 Å². The third-order valence-corrected chi connectivity index (χ3v) is 4.00. The van der Waals surface area contributed by atoms with E-state index in [2.05, 4.69) is 11.6 Å². The van der Waals surface area contributed by atoms with Gasteiger partial charge in [0, 0.05) is 32.1 Å².